The average molecular weight is 263 g/mol. The third-order valence-electron chi connectivity index (χ3n) is 2.38. The van der Waals surface area contributed by atoms with Gasteiger partial charge in [0.05, 0.1) is 5.02 Å². The first-order valence-corrected chi connectivity index (χ1v) is 6.19. The number of aromatic nitrogens is 3. The third-order valence-corrected chi connectivity index (χ3v) is 2.60. The first-order valence-electron chi connectivity index (χ1n) is 5.81. The fourth-order valence-corrected chi connectivity index (χ4v) is 1.52. The van der Waals surface area contributed by atoms with Crippen molar-refractivity contribution in [2.45, 2.75) is 26.4 Å². The number of hydrogen-bond acceptors (Lipinski definition) is 4. The van der Waals surface area contributed by atoms with Crippen molar-refractivity contribution in [1.29, 1.82) is 0 Å². The van der Waals surface area contributed by atoms with Gasteiger partial charge in [-0.3, -0.25) is 4.98 Å². The van der Waals surface area contributed by atoms with E-state index >= 15 is 0 Å². The Labute approximate surface area is 111 Å². The SMILES string of the molecule is CC(C)NCc1cnc(-c2ccc(Cl)cn2)nc1. The highest BCUT2D eigenvalue weighted by Crippen LogP contribution is 2.14. The fourth-order valence-electron chi connectivity index (χ4n) is 1.41. The van der Waals surface area contributed by atoms with E-state index < -0.39 is 0 Å². The lowest BCUT2D eigenvalue weighted by molar-refractivity contribution is 0.587. The van der Waals surface area contributed by atoms with Gasteiger partial charge in [-0.2, -0.15) is 0 Å². The number of rotatable bonds is 4. The molecule has 0 saturated carbocycles. The molecule has 5 heteroatoms. The van der Waals surface area contributed by atoms with Crippen LogP contribution in [0.1, 0.15) is 19.4 Å². The van der Waals surface area contributed by atoms with Crippen LogP contribution in [0.15, 0.2) is 30.7 Å². The van der Waals surface area contributed by atoms with Crippen LogP contribution in [0.25, 0.3) is 11.5 Å². The second-order valence-electron chi connectivity index (χ2n) is 4.31. The minimum absolute atomic E-state index is 0.447. The van der Waals surface area contributed by atoms with Gasteiger partial charge in [-0.25, -0.2) is 9.97 Å². The summed E-state index contributed by atoms with van der Waals surface area (Å²) in [4.78, 5) is 12.8. The van der Waals surface area contributed by atoms with Crippen LogP contribution in [0.2, 0.25) is 5.02 Å². The van der Waals surface area contributed by atoms with Gasteiger partial charge in [-0.1, -0.05) is 25.4 Å². The molecule has 4 nitrogen and oxygen atoms in total. The highest BCUT2D eigenvalue weighted by Gasteiger charge is 2.03. The summed E-state index contributed by atoms with van der Waals surface area (Å²) in [5.74, 6) is 0.611. The van der Waals surface area contributed by atoms with Crippen LogP contribution in [-0.4, -0.2) is 21.0 Å². The Morgan fingerprint density at radius 2 is 1.83 bits per heavy atom. The molecule has 0 aliphatic rings. The summed E-state index contributed by atoms with van der Waals surface area (Å²) in [5, 5.41) is 3.92. The lowest BCUT2D eigenvalue weighted by Crippen LogP contribution is -2.21. The Kier molecular flexibility index (Phi) is 4.23. The van der Waals surface area contributed by atoms with Crippen LogP contribution in [0.3, 0.4) is 0 Å². The Morgan fingerprint density at radius 1 is 1.11 bits per heavy atom. The molecule has 1 N–H and O–H groups in total. The van der Waals surface area contributed by atoms with Crippen LogP contribution in [-0.2, 0) is 6.54 Å². The van der Waals surface area contributed by atoms with Crippen LogP contribution in [0.4, 0.5) is 0 Å². The summed E-state index contributed by atoms with van der Waals surface area (Å²) >= 11 is 5.78. The van der Waals surface area contributed by atoms with Crippen molar-refractivity contribution in [3.63, 3.8) is 0 Å². The van der Waals surface area contributed by atoms with Gasteiger partial charge in [0.15, 0.2) is 5.82 Å². The molecule has 2 rings (SSSR count). The lowest BCUT2D eigenvalue weighted by atomic mass is 10.3. The molecule has 18 heavy (non-hydrogen) atoms. The third kappa shape index (κ3) is 3.48. The molecular weight excluding hydrogens is 248 g/mol. The van der Waals surface area contributed by atoms with Crippen LogP contribution < -0.4 is 5.32 Å². The van der Waals surface area contributed by atoms with Crippen molar-refractivity contribution >= 4 is 11.6 Å². The normalized spacial score (nSPS) is 10.9. The lowest BCUT2D eigenvalue weighted by Gasteiger charge is -2.07. The quantitative estimate of drug-likeness (QED) is 0.920. The van der Waals surface area contributed by atoms with Crippen LogP contribution in [0, 0.1) is 0 Å². The minimum atomic E-state index is 0.447. The highest BCUT2D eigenvalue weighted by molar-refractivity contribution is 6.30. The van der Waals surface area contributed by atoms with E-state index in [1.807, 2.05) is 18.5 Å². The fraction of sp³-hybridized carbons (Fsp3) is 0.308. The zero-order valence-electron chi connectivity index (χ0n) is 10.4. The van der Waals surface area contributed by atoms with E-state index in [4.69, 9.17) is 11.6 Å². The van der Waals surface area contributed by atoms with E-state index in [-0.39, 0.29) is 0 Å². The van der Waals surface area contributed by atoms with Gasteiger partial charge in [0.25, 0.3) is 0 Å². The van der Waals surface area contributed by atoms with Gasteiger partial charge in [0.2, 0.25) is 0 Å². The summed E-state index contributed by atoms with van der Waals surface area (Å²) in [6.07, 6.45) is 5.22. The van der Waals surface area contributed by atoms with Crippen LogP contribution in [0.5, 0.6) is 0 Å². The number of nitrogens with zero attached hydrogens (tertiary/aromatic N) is 3. The maximum Gasteiger partial charge on any atom is 0.178 e. The monoisotopic (exact) mass is 262 g/mol. The average Bonchev–Trinajstić information content (AvgIpc) is 2.38. The van der Waals surface area contributed by atoms with Crippen molar-refractivity contribution in [2.24, 2.45) is 0 Å². The standard InChI is InChI=1S/C13H15ClN4/c1-9(2)15-5-10-6-17-13(18-7-10)12-4-3-11(14)8-16-12/h3-4,6-9,15H,5H2,1-2H3. The summed E-state index contributed by atoms with van der Waals surface area (Å²) in [7, 11) is 0. The number of hydrogen-bond donors (Lipinski definition) is 1. The summed E-state index contributed by atoms with van der Waals surface area (Å²) in [5.41, 5.74) is 1.78. The van der Waals surface area contributed by atoms with E-state index in [1.165, 1.54) is 0 Å². The molecule has 0 spiro atoms. The molecule has 94 valence electrons. The van der Waals surface area contributed by atoms with E-state index in [0.717, 1.165) is 17.8 Å². The molecule has 0 saturated heterocycles. The number of nitrogens with one attached hydrogen (secondary N) is 1. The minimum Gasteiger partial charge on any atom is -0.310 e. The molecular formula is C13H15ClN4. The van der Waals surface area contributed by atoms with E-state index in [2.05, 4.69) is 34.1 Å². The number of halogens is 1. The van der Waals surface area contributed by atoms with Crippen molar-refractivity contribution in [2.75, 3.05) is 0 Å². The Bertz CT molecular complexity index is 493. The largest absolute Gasteiger partial charge is 0.310 e. The zero-order valence-corrected chi connectivity index (χ0v) is 11.1. The molecule has 2 aromatic rings. The van der Waals surface area contributed by atoms with Gasteiger partial charge in [0.1, 0.15) is 5.69 Å². The Morgan fingerprint density at radius 3 is 2.39 bits per heavy atom. The van der Waals surface area contributed by atoms with Gasteiger partial charge < -0.3 is 5.32 Å². The molecule has 2 aromatic heterocycles. The molecule has 0 unspecified atom stereocenters. The molecule has 0 radical (unpaired) electrons. The molecule has 0 aliphatic carbocycles. The van der Waals surface area contributed by atoms with Gasteiger partial charge in [-0.15, -0.1) is 0 Å². The van der Waals surface area contributed by atoms with Crippen molar-refractivity contribution in [3.8, 4) is 11.5 Å². The highest BCUT2D eigenvalue weighted by atomic mass is 35.5. The molecule has 0 bridgehead atoms. The smallest absolute Gasteiger partial charge is 0.178 e. The second-order valence-corrected chi connectivity index (χ2v) is 4.75. The van der Waals surface area contributed by atoms with E-state index in [0.29, 0.717) is 16.9 Å². The second kappa shape index (κ2) is 5.89. The van der Waals surface area contributed by atoms with Gasteiger partial charge >= 0.3 is 0 Å². The predicted octanol–water partition coefficient (Wildman–Crippen LogP) is 2.69. The number of pyridine rings is 1. The van der Waals surface area contributed by atoms with Gasteiger partial charge in [-0.05, 0) is 12.1 Å². The molecule has 0 amide bonds. The molecule has 0 aliphatic heterocycles. The molecule has 0 aromatic carbocycles. The van der Waals surface area contributed by atoms with Crippen LogP contribution >= 0.6 is 11.6 Å². The topological polar surface area (TPSA) is 50.7 Å². The van der Waals surface area contributed by atoms with Gasteiger partial charge in [0, 0.05) is 36.7 Å². The summed E-state index contributed by atoms with van der Waals surface area (Å²) in [6.45, 7) is 4.98. The van der Waals surface area contributed by atoms with E-state index in [9.17, 15) is 0 Å². The summed E-state index contributed by atoms with van der Waals surface area (Å²) < 4.78 is 0. The molecule has 2 heterocycles. The Balaban J connectivity index is 2.09. The molecule has 0 atom stereocenters. The van der Waals surface area contributed by atoms with Crippen molar-refractivity contribution in [3.05, 3.63) is 41.3 Å². The Hall–Kier alpha value is -1.52. The maximum absolute atomic E-state index is 5.78. The van der Waals surface area contributed by atoms with E-state index in [1.54, 1.807) is 12.3 Å². The maximum atomic E-state index is 5.78. The predicted molar refractivity (Wildman–Crippen MR) is 72.2 cm³/mol. The first kappa shape index (κ1) is 12.9. The zero-order chi connectivity index (χ0) is 13.0. The van der Waals surface area contributed by atoms with Crippen molar-refractivity contribution < 1.29 is 0 Å². The first-order chi connectivity index (χ1) is 8.65. The molecule has 0 fully saturated rings. The van der Waals surface area contributed by atoms with Crippen molar-refractivity contribution in [1.82, 2.24) is 20.3 Å². The summed E-state index contributed by atoms with van der Waals surface area (Å²) in [6, 6.07) is 4.04.